The van der Waals surface area contributed by atoms with Gasteiger partial charge in [-0.2, -0.15) is 0 Å². The maximum Gasteiger partial charge on any atom is 0.341 e. The molecular weight excluding hydrogens is 144 g/mol. The molecular formula is C8H10O3. The summed E-state index contributed by atoms with van der Waals surface area (Å²) in [6.07, 6.45) is 2.58. The van der Waals surface area contributed by atoms with Crippen LogP contribution in [0, 0.1) is 5.92 Å². The molecule has 1 saturated carbocycles. The molecule has 0 bridgehead atoms. The van der Waals surface area contributed by atoms with E-state index in [-0.39, 0.29) is 18.2 Å². The lowest BCUT2D eigenvalue weighted by molar-refractivity contribution is -0.154. The molecule has 0 N–H and O–H groups in total. The molecule has 3 nitrogen and oxygen atoms in total. The third-order valence-corrected chi connectivity index (χ3v) is 2.89. The summed E-state index contributed by atoms with van der Waals surface area (Å²) < 4.78 is 10.5. The molecule has 3 heteroatoms. The van der Waals surface area contributed by atoms with Crippen molar-refractivity contribution in [2.45, 2.75) is 37.6 Å². The van der Waals surface area contributed by atoms with Crippen molar-refractivity contribution in [1.82, 2.24) is 0 Å². The van der Waals surface area contributed by atoms with Gasteiger partial charge in [-0.3, -0.25) is 0 Å². The molecule has 0 aromatic rings. The highest BCUT2D eigenvalue weighted by Crippen LogP contribution is 2.53. The summed E-state index contributed by atoms with van der Waals surface area (Å²) in [6, 6.07) is 0. The average Bonchev–Trinajstić information content (AvgIpc) is 2.77. The molecule has 0 amide bonds. The summed E-state index contributed by atoms with van der Waals surface area (Å²) in [5.74, 6) is 0.452. The number of epoxide rings is 1. The summed E-state index contributed by atoms with van der Waals surface area (Å²) in [6.45, 7) is 1.82. The number of fused-ring (bicyclic) bond motifs is 1. The first kappa shape index (κ1) is 6.00. The maximum atomic E-state index is 11.1. The van der Waals surface area contributed by atoms with Crippen LogP contribution in [0.5, 0.6) is 0 Å². The van der Waals surface area contributed by atoms with E-state index in [1.807, 2.05) is 6.92 Å². The molecule has 2 aliphatic heterocycles. The first-order valence-corrected chi connectivity index (χ1v) is 4.11. The van der Waals surface area contributed by atoms with E-state index in [0.717, 1.165) is 0 Å². The Labute approximate surface area is 64.7 Å². The Hall–Kier alpha value is -0.570. The van der Waals surface area contributed by atoms with Crippen molar-refractivity contribution < 1.29 is 14.3 Å². The topological polar surface area (TPSA) is 38.8 Å². The highest BCUT2D eigenvalue weighted by molar-refractivity contribution is 5.86. The summed E-state index contributed by atoms with van der Waals surface area (Å²) in [4.78, 5) is 11.1. The van der Waals surface area contributed by atoms with Crippen LogP contribution >= 0.6 is 0 Å². The monoisotopic (exact) mass is 154 g/mol. The predicted molar refractivity (Wildman–Crippen MR) is 35.9 cm³/mol. The SMILES string of the molecule is C[C@@]12O[C@@H]1[C@@H](C1CC1)OC2=O. The Morgan fingerprint density at radius 2 is 2.27 bits per heavy atom. The Balaban J connectivity index is 1.86. The molecule has 60 valence electrons. The molecule has 0 unspecified atom stereocenters. The molecule has 2 saturated heterocycles. The third kappa shape index (κ3) is 0.601. The second kappa shape index (κ2) is 1.46. The average molecular weight is 154 g/mol. The van der Waals surface area contributed by atoms with Crippen LogP contribution in [0.4, 0.5) is 0 Å². The van der Waals surface area contributed by atoms with Crippen molar-refractivity contribution in [3.05, 3.63) is 0 Å². The first-order valence-electron chi connectivity index (χ1n) is 4.11. The molecule has 3 atom stereocenters. The van der Waals surface area contributed by atoms with E-state index in [4.69, 9.17) is 9.47 Å². The third-order valence-electron chi connectivity index (χ3n) is 2.89. The van der Waals surface area contributed by atoms with Crippen molar-refractivity contribution in [3.63, 3.8) is 0 Å². The zero-order valence-corrected chi connectivity index (χ0v) is 6.37. The predicted octanol–water partition coefficient (Wildman–Crippen LogP) is 0.479. The van der Waals surface area contributed by atoms with Gasteiger partial charge < -0.3 is 9.47 Å². The van der Waals surface area contributed by atoms with Crippen molar-refractivity contribution in [2.75, 3.05) is 0 Å². The summed E-state index contributed by atoms with van der Waals surface area (Å²) in [5, 5.41) is 0. The minimum absolute atomic E-state index is 0.0856. The standard InChI is InChI=1S/C8H10O3/c1-8-6(11-8)5(4-2-3-4)10-7(8)9/h4-6H,2-3H2,1H3/t5-,6-,8-/m1/s1. The van der Waals surface area contributed by atoms with Crippen molar-refractivity contribution in [3.8, 4) is 0 Å². The van der Waals surface area contributed by atoms with Crippen LogP contribution in [-0.2, 0) is 14.3 Å². The molecule has 1 aliphatic carbocycles. The number of rotatable bonds is 1. The number of carbonyl (C=O) groups is 1. The van der Waals surface area contributed by atoms with Crippen molar-refractivity contribution >= 4 is 5.97 Å². The van der Waals surface area contributed by atoms with Crippen LogP contribution in [0.15, 0.2) is 0 Å². The summed E-state index contributed by atoms with van der Waals surface area (Å²) >= 11 is 0. The molecule has 2 heterocycles. The molecule has 11 heavy (non-hydrogen) atoms. The van der Waals surface area contributed by atoms with Gasteiger partial charge >= 0.3 is 5.97 Å². The van der Waals surface area contributed by atoms with E-state index in [1.165, 1.54) is 12.8 Å². The number of ether oxygens (including phenoxy) is 2. The van der Waals surface area contributed by atoms with Gasteiger partial charge in [0.2, 0.25) is 0 Å². The van der Waals surface area contributed by atoms with Crippen LogP contribution in [-0.4, -0.2) is 23.8 Å². The lowest BCUT2D eigenvalue weighted by atomic mass is 10.1. The van der Waals surface area contributed by atoms with Crippen molar-refractivity contribution in [2.24, 2.45) is 5.92 Å². The second-order valence-corrected chi connectivity index (χ2v) is 3.85. The van der Waals surface area contributed by atoms with Crippen LogP contribution < -0.4 is 0 Å². The smallest absolute Gasteiger partial charge is 0.341 e. The fourth-order valence-corrected chi connectivity index (χ4v) is 1.85. The van der Waals surface area contributed by atoms with Crippen LogP contribution in [0.3, 0.4) is 0 Å². The number of hydrogen-bond acceptors (Lipinski definition) is 3. The van der Waals surface area contributed by atoms with Crippen LogP contribution in [0.25, 0.3) is 0 Å². The highest BCUT2D eigenvalue weighted by Gasteiger charge is 2.71. The van der Waals surface area contributed by atoms with E-state index in [2.05, 4.69) is 0 Å². The van der Waals surface area contributed by atoms with Crippen LogP contribution in [0.2, 0.25) is 0 Å². The number of hydrogen-bond donors (Lipinski definition) is 0. The van der Waals surface area contributed by atoms with Gasteiger partial charge in [-0.05, 0) is 25.7 Å². The fraction of sp³-hybridized carbons (Fsp3) is 0.875. The zero-order chi connectivity index (χ0) is 7.64. The molecule has 3 rings (SSSR count). The van der Waals surface area contributed by atoms with E-state index in [1.54, 1.807) is 0 Å². The maximum absolute atomic E-state index is 11.1. The van der Waals surface area contributed by atoms with E-state index < -0.39 is 5.60 Å². The van der Waals surface area contributed by atoms with Crippen molar-refractivity contribution in [1.29, 1.82) is 0 Å². The van der Waals surface area contributed by atoms with E-state index in [9.17, 15) is 4.79 Å². The van der Waals surface area contributed by atoms with Gasteiger partial charge in [0.25, 0.3) is 0 Å². The molecule has 0 aromatic carbocycles. The minimum Gasteiger partial charge on any atom is -0.457 e. The Morgan fingerprint density at radius 3 is 2.64 bits per heavy atom. The van der Waals surface area contributed by atoms with Gasteiger partial charge in [-0.1, -0.05) is 0 Å². The zero-order valence-electron chi connectivity index (χ0n) is 6.37. The Kier molecular flexibility index (Phi) is 0.796. The summed E-state index contributed by atoms with van der Waals surface area (Å²) in [7, 11) is 0. The van der Waals surface area contributed by atoms with E-state index >= 15 is 0 Å². The number of esters is 1. The fourth-order valence-electron chi connectivity index (χ4n) is 1.85. The quantitative estimate of drug-likeness (QED) is 0.407. The lowest BCUT2D eigenvalue weighted by Crippen LogP contribution is -2.19. The molecule has 3 fully saturated rings. The first-order chi connectivity index (χ1) is 5.22. The van der Waals surface area contributed by atoms with E-state index in [0.29, 0.717) is 5.92 Å². The van der Waals surface area contributed by atoms with Gasteiger partial charge in [0, 0.05) is 0 Å². The molecule has 0 aromatic heterocycles. The van der Waals surface area contributed by atoms with Gasteiger partial charge in [0.15, 0.2) is 5.60 Å². The normalized spacial score (nSPS) is 53.7. The Morgan fingerprint density at radius 1 is 1.55 bits per heavy atom. The van der Waals surface area contributed by atoms with Crippen LogP contribution in [0.1, 0.15) is 19.8 Å². The molecule has 0 radical (unpaired) electrons. The number of carbonyl (C=O) groups excluding carboxylic acids is 1. The highest BCUT2D eigenvalue weighted by atomic mass is 16.7. The van der Waals surface area contributed by atoms with Gasteiger partial charge in [0.1, 0.15) is 12.2 Å². The summed E-state index contributed by atoms with van der Waals surface area (Å²) in [5.41, 5.74) is -0.548. The van der Waals surface area contributed by atoms with Gasteiger partial charge in [0.05, 0.1) is 0 Å². The number of cyclic esters (lactones) is 1. The van der Waals surface area contributed by atoms with Gasteiger partial charge in [-0.25, -0.2) is 4.79 Å². The Bertz CT molecular complexity index is 233. The van der Waals surface area contributed by atoms with Gasteiger partial charge in [-0.15, -0.1) is 0 Å². The molecule has 3 aliphatic rings. The largest absolute Gasteiger partial charge is 0.457 e. The second-order valence-electron chi connectivity index (χ2n) is 3.85. The minimum atomic E-state index is -0.548. The molecule has 0 spiro atoms. The lowest BCUT2D eigenvalue weighted by Gasteiger charge is -2.08.